The second kappa shape index (κ2) is 3.49. The number of aliphatic hydroxyl groups is 1. The lowest BCUT2D eigenvalue weighted by Gasteiger charge is -2.33. The molecule has 15 heavy (non-hydrogen) atoms. The number of halogens is 1. The van der Waals surface area contributed by atoms with Gasteiger partial charge in [0.15, 0.2) is 0 Å². The van der Waals surface area contributed by atoms with Gasteiger partial charge in [-0.2, -0.15) is 0 Å². The third-order valence-electron chi connectivity index (χ3n) is 3.00. The van der Waals surface area contributed by atoms with E-state index in [0.717, 1.165) is 0 Å². The number of para-hydroxylation sites is 1. The molecule has 0 bridgehead atoms. The molecule has 2 rings (SSSR count). The Morgan fingerprint density at radius 3 is 2.60 bits per heavy atom. The predicted molar refractivity (Wildman–Crippen MR) is 58.4 cm³/mol. The molecule has 82 valence electrons. The Hall–Kier alpha value is -1.09. The fourth-order valence-corrected chi connectivity index (χ4v) is 2.30. The maximum absolute atomic E-state index is 13.6. The maximum Gasteiger partial charge on any atom is 0.146 e. The Balaban J connectivity index is 2.36. The van der Waals surface area contributed by atoms with Crippen LogP contribution in [0.25, 0.3) is 0 Å². The van der Waals surface area contributed by atoms with E-state index in [9.17, 15) is 9.50 Å². The SMILES string of the molecule is CC1(C)CC(O)CN1c1ccccc1F. The van der Waals surface area contributed by atoms with Crippen LogP contribution in [0.1, 0.15) is 20.3 Å². The molecule has 1 heterocycles. The lowest BCUT2D eigenvalue weighted by Crippen LogP contribution is -2.38. The summed E-state index contributed by atoms with van der Waals surface area (Å²) in [4.78, 5) is 1.94. The zero-order valence-electron chi connectivity index (χ0n) is 9.07. The van der Waals surface area contributed by atoms with E-state index in [4.69, 9.17) is 0 Å². The van der Waals surface area contributed by atoms with Crippen molar-refractivity contribution in [2.24, 2.45) is 0 Å². The van der Waals surface area contributed by atoms with Gasteiger partial charge >= 0.3 is 0 Å². The van der Waals surface area contributed by atoms with Gasteiger partial charge in [0, 0.05) is 12.1 Å². The molecule has 3 heteroatoms. The molecular weight excluding hydrogens is 193 g/mol. The first-order valence-electron chi connectivity index (χ1n) is 5.21. The van der Waals surface area contributed by atoms with E-state index in [1.165, 1.54) is 6.07 Å². The van der Waals surface area contributed by atoms with Crippen LogP contribution in [0, 0.1) is 5.82 Å². The largest absolute Gasteiger partial charge is 0.391 e. The minimum absolute atomic E-state index is 0.179. The molecular formula is C12H16FNO. The van der Waals surface area contributed by atoms with Gasteiger partial charge < -0.3 is 10.0 Å². The number of aliphatic hydroxyl groups excluding tert-OH is 1. The van der Waals surface area contributed by atoms with Gasteiger partial charge in [0.05, 0.1) is 11.8 Å². The van der Waals surface area contributed by atoms with Gasteiger partial charge in [0.2, 0.25) is 0 Å². The summed E-state index contributed by atoms with van der Waals surface area (Å²) in [6, 6.07) is 6.71. The molecule has 1 saturated heterocycles. The fraction of sp³-hybridized carbons (Fsp3) is 0.500. The van der Waals surface area contributed by atoms with Crippen molar-refractivity contribution >= 4 is 5.69 Å². The Labute approximate surface area is 89.3 Å². The van der Waals surface area contributed by atoms with Gasteiger partial charge in [-0.15, -0.1) is 0 Å². The fourth-order valence-electron chi connectivity index (χ4n) is 2.30. The summed E-state index contributed by atoms with van der Waals surface area (Å²) in [5, 5.41) is 9.62. The van der Waals surface area contributed by atoms with Crippen molar-refractivity contribution in [1.29, 1.82) is 0 Å². The lowest BCUT2D eigenvalue weighted by atomic mass is 10.0. The van der Waals surface area contributed by atoms with Crippen molar-refractivity contribution in [1.82, 2.24) is 0 Å². The average Bonchev–Trinajstić information content (AvgIpc) is 2.40. The quantitative estimate of drug-likeness (QED) is 0.766. The van der Waals surface area contributed by atoms with E-state index in [2.05, 4.69) is 0 Å². The van der Waals surface area contributed by atoms with E-state index >= 15 is 0 Å². The first-order valence-corrected chi connectivity index (χ1v) is 5.21. The number of hydrogen-bond donors (Lipinski definition) is 1. The van der Waals surface area contributed by atoms with Crippen LogP contribution in [-0.2, 0) is 0 Å². The first-order chi connectivity index (χ1) is 7.00. The smallest absolute Gasteiger partial charge is 0.146 e. The van der Waals surface area contributed by atoms with Crippen molar-refractivity contribution in [3.05, 3.63) is 30.1 Å². The van der Waals surface area contributed by atoms with Gasteiger partial charge in [-0.3, -0.25) is 0 Å². The van der Waals surface area contributed by atoms with Crippen molar-refractivity contribution in [3.63, 3.8) is 0 Å². The predicted octanol–water partition coefficient (Wildman–Crippen LogP) is 2.18. The van der Waals surface area contributed by atoms with Crippen LogP contribution in [0.2, 0.25) is 0 Å². The van der Waals surface area contributed by atoms with E-state index in [1.54, 1.807) is 12.1 Å². The summed E-state index contributed by atoms with van der Waals surface area (Å²) < 4.78 is 13.6. The monoisotopic (exact) mass is 209 g/mol. The van der Waals surface area contributed by atoms with Gasteiger partial charge in [0.1, 0.15) is 5.82 Å². The molecule has 0 saturated carbocycles. The van der Waals surface area contributed by atoms with Crippen molar-refractivity contribution in [2.75, 3.05) is 11.4 Å². The van der Waals surface area contributed by atoms with Gasteiger partial charge in [0.25, 0.3) is 0 Å². The molecule has 0 radical (unpaired) electrons. The number of nitrogens with zero attached hydrogens (tertiary/aromatic N) is 1. The topological polar surface area (TPSA) is 23.5 Å². The van der Waals surface area contributed by atoms with Crippen LogP contribution in [0.5, 0.6) is 0 Å². The molecule has 1 aliphatic heterocycles. The summed E-state index contributed by atoms with van der Waals surface area (Å²) in [6.45, 7) is 4.55. The highest BCUT2D eigenvalue weighted by molar-refractivity contribution is 5.51. The van der Waals surface area contributed by atoms with Crippen LogP contribution in [-0.4, -0.2) is 23.3 Å². The summed E-state index contributed by atoms with van der Waals surface area (Å²) in [7, 11) is 0. The number of hydrogen-bond acceptors (Lipinski definition) is 2. The zero-order chi connectivity index (χ0) is 11.1. The molecule has 2 nitrogen and oxygen atoms in total. The molecule has 1 fully saturated rings. The number of rotatable bonds is 1. The summed E-state index contributed by atoms with van der Waals surface area (Å²) in [5.74, 6) is -0.223. The van der Waals surface area contributed by atoms with Crippen LogP contribution >= 0.6 is 0 Å². The molecule has 1 aliphatic rings. The normalized spacial score (nSPS) is 24.5. The molecule has 0 spiro atoms. The van der Waals surface area contributed by atoms with Crippen LogP contribution in [0.3, 0.4) is 0 Å². The van der Waals surface area contributed by atoms with Gasteiger partial charge in [-0.1, -0.05) is 12.1 Å². The average molecular weight is 209 g/mol. The highest BCUT2D eigenvalue weighted by atomic mass is 19.1. The maximum atomic E-state index is 13.6. The Bertz CT molecular complexity index is 364. The van der Waals surface area contributed by atoms with E-state index in [0.29, 0.717) is 18.7 Å². The molecule has 1 aromatic rings. The van der Waals surface area contributed by atoms with Crippen LogP contribution < -0.4 is 4.90 Å². The minimum atomic E-state index is -0.361. The Kier molecular flexibility index (Phi) is 2.43. The third-order valence-corrected chi connectivity index (χ3v) is 3.00. The third kappa shape index (κ3) is 1.84. The van der Waals surface area contributed by atoms with Crippen molar-refractivity contribution in [2.45, 2.75) is 31.9 Å². The van der Waals surface area contributed by atoms with E-state index in [1.807, 2.05) is 24.8 Å². The van der Waals surface area contributed by atoms with Crippen molar-refractivity contribution in [3.8, 4) is 0 Å². The van der Waals surface area contributed by atoms with Crippen molar-refractivity contribution < 1.29 is 9.50 Å². The Morgan fingerprint density at radius 2 is 2.07 bits per heavy atom. The molecule has 1 unspecified atom stereocenters. The number of β-amino-alcohol motifs (C(OH)–C–C–N with tert-alkyl or cyclic N) is 1. The highest BCUT2D eigenvalue weighted by Crippen LogP contribution is 2.34. The number of anilines is 1. The van der Waals surface area contributed by atoms with E-state index < -0.39 is 0 Å². The van der Waals surface area contributed by atoms with E-state index in [-0.39, 0.29) is 17.5 Å². The van der Waals surface area contributed by atoms with Crippen LogP contribution in [0.4, 0.5) is 10.1 Å². The molecule has 0 aliphatic carbocycles. The second-order valence-electron chi connectivity index (χ2n) is 4.73. The molecule has 1 atom stereocenters. The summed E-state index contributed by atoms with van der Waals surface area (Å²) in [6.07, 6.45) is 0.320. The molecule has 0 aromatic heterocycles. The molecule has 0 amide bonds. The van der Waals surface area contributed by atoms with Gasteiger partial charge in [-0.25, -0.2) is 4.39 Å². The standard InChI is InChI=1S/C12H16FNO/c1-12(2)7-9(15)8-14(12)11-6-4-3-5-10(11)13/h3-6,9,15H,7-8H2,1-2H3. The number of benzene rings is 1. The highest BCUT2D eigenvalue weighted by Gasteiger charge is 2.38. The second-order valence-corrected chi connectivity index (χ2v) is 4.73. The molecule has 1 aromatic carbocycles. The molecule has 1 N–H and O–H groups in total. The zero-order valence-corrected chi connectivity index (χ0v) is 9.07. The van der Waals surface area contributed by atoms with Crippen LogP contribution in [0.15, 0.2) is 24.3 Å². The Morgan fingerprint density at radius 1 is 1.40 bits per heavy atom. The summed E-state index contributed by atoms with van der Waals surface area (Å²) in [5.41, 5.74) is 0.403. The minimum Gasteiger partial charge on any atom is -0.391 e. The summed E-state index contributed by atoms with van der Waals surface area (Å²) >= 11 is 0. The first kappa shape index (κ1) is 10.4. The lowest BCUT2D eigenvalue weighted by molar-refractivity contribution is 0.188. The van der Waals surface area contributed by atoms with Gasteiger partial charge in [-0.05, 0) is 32.4 Å².